The zero-order valence-electron chi connectivity index (χ0n) is 11.9. The molecule has 19 heavy (non-hydrogen) atoms. The third kappa shape index (κ3) is 2.81. The molecule has 104 valence electrons. The Morgan fingerprint density at radius 1 is 1.11 bits per heavy atom. The van der Waals surface area contributed by atoms with Crippen molar-refractivity contribution in [2.24, 2.45) is 0 Å². The van der Waals surface area contributed by atoms with Crippen LogP contribution in [0.4, 0.5) is 11.6 Å². The molecule has 2 aliphatic heterocycles. The van der Waals surface area contributed by atoms with E-state index >= 15 is 0 Å². The van der Waals surface area contributed by atoms with E-state index in [1.165, 1.54) is 12.8 Å². The van der Waals surface area contributed by atoms with Gasteiger partial charge in [0.15, 0.2) is 0 Å². The molecule has 1 N–H and O–H groups in total. The van der Waals surface area contributed by atoms with Gasteiger partial charge in [0, 0.05) is 44.8 Å². The predicted octanol–water partition coefficient (Wildman–Crippen LogP) is 1.18. The highest BCUT2D eigenvalue weighted by Gasteiger charge is 2.20. The standard InChI is InChI=1S/C14H23N5/c1-11-10-19(8-5-15-11)14-9-13(16-12(2)17-14)18-6-3-4-7-18/h9,11,15H,3-8,10H2,1-2H3. The van der Waals surface area contributed by atoms with E-state index in [0.717, 1.165) is 50.2 Å². The molecule has 5 nitrogen and oxygen atoms in total. The van der Waals surface area contributed by atoms with Crippen LogP contribution in [0, 0.1) is 6.92 Å². The Balaban J connectivity index is 1.84. The number of anilines is 2. The van der Waals surface area contributed by atoms with E-state index in [2.05, 4.69) is 38.1 Å². The van der Waals surface area contributed by atoms with Gasteiger partial charge in [0.05, 0.1) is 0 Å². The number of aromatic nitrogens is 2. The molecule has 3 rings (SSSR count). The lowest BCUT2D eigenvalue weighted by Gasteiger charge is -2.33. The van der Waals surface area contributed by atoms with Gasteiger partial charge in [0.2, 0.25) is 0 Å². The smallest absolute Gasteiger partial charge is 0.134 e. The Bertz CT molecular complexity index is 441. The molecule has 3 heterocycles. The van der Waals surface area contributed by atoms with Crippen LogP contribution in [0.5, 0.6) is 0 Å². The molecule has 0 spiro atoms. The molecular weight excluding hydrogens is 238 g/mol. The van der Waals surface area contributed by atoms with Gasteiger partial charge in [-0.1, -0.05) is 0 Å². The fourth-order valence-corrected chi connectivity index (χ4v) is 2.95. The number of nitrogens with zero attached hydrogens (tertiary/aromatic N) is 4. The molecule has 0 aliphatic carbocycles. The van der Waals surface area contributed by atoms with Crippen molar-refractivity contribution in [3.63, 3.8) is 0 Å². The zero-order valence-corrected chi connectivity index (χ0v) is 11.9. The quantitative estimate of drug-likeness (QED) is 0.866. The SMILES string of the molecule is Cc1nc(N2CCCC2)cc(N2CCNC(C)C2)n1. The van der Waals surface area contributed by atoms with Gasteiger partial charge in [-0.05, 0) is 26.7 Å². The lowest BCUT2D eigenvalue weighted by Crippen LogP contribution is -2.49. The summed E-state index contributed by atoms with van der Waals surface area (Å²) in [5, 5.41) is 3.47. The van der Waals surface area contributed by atoms with Crippen molar-refractivity contribution in [1.29, 1.82) is 0 Å². The fraction of sp³-hybridized carbons (Fsp3) is 0.714. The summed E-state index contributed by atoms with van der Waals surface area (Å²) < 4.78 is 0. The summed E-state index contributed by atoms with van der Waals surface area (Å²) in [6, 6.07) is 2.69. The van der Waals surface area contributed by atoms with Crippen LogP contribution in [0.25, 0.3) is 0 Å². The van der Waals surface area contributed by atoms with E-state index in [-0.39, 0.29) is 0 Å². The first-order valence-corrected chi connectivity index (χ1v) is 7.31. The monoisotopic (exact) mass is 261 g/mol. The van der Waals surface area contributed by atoms with Crippen LogP contribution in [0.3, 0.4) is 0 Å². The van der Waals surface area contributed by atoms with Gasteiger partial charge in [-0.3, -0.25) is 0 Å². The number of aryl methyl sites for hydroxylation is 1. The van der Waals surface area contributed by atoms with E-state index in [1.54, 1.807) is 0 Å². The minimum Gasteiger partial charge on any atom is -0.356 e. The average molecular weight is 261 g/mol. The highest BCUT2D eigenvalue weighted by molar-refractivity contribution is 5.51. The number of rotatable bonds is 2. The molecule has 0 aromatic carbocycles. The van der Waals surface area contributed by atoms with E-state index in [4.69, 9.17) is 0 Å². The number of piperazine rings is 1. The topological polar surface area (TPSA) is 44.3 Å². The molecule has 0 saturated carbocycles. The van der Waals surface area contributed by atoms with E-state index in [0.29, 0.717) is 6.04 Å². The number of hydrogen-bond acceptors (Lipinski definition) is 5. The Morgan fingerprint density at radius 2 is 1.79 bits per heavy atom. The normalized spacial score (nSPS) is 24.0. The molecule has 0 bridgehead atoms. The third-order valence-corrected chi connectivity index (χ3v) is 3.93. The maximum Gasteiger partial charge on any atom is 0.134 e. The van der Waals surface area contributed by atoms with E-state index in [9.17, 15) is 0 Å². The first-order valence-electron chi connectivity index (χ1n) is 7.31. The summed E-state index contributed by atoms with van der Waals surface area (Å²) in [6.07, 6.45) is 2.56. The van der Waals surface area contributed by atoms with Crippen LogP contribution in [0.1, 0.15) is 25.6 Å². The Labute approximate surface area is 115 Å². The largest absolute Gasteiger partial charge is 0.356 e. The molecule has 2 fully saturated rings. The Kier molecular flexibility index (Phi) is 3.55. The molecule has 5 heteroatoms. The Hall–Kier alpha value is -1.36. The van der Waals surface area contributed by atoms with Crippen molar-refractivity contribution in [2.45, 2.75) is 32.7 Å². The summed E-state index contributed by atoms with van der Waals surface area (Å²) in [4.78, 5) is 14.0. The van der Waals surface area contributed by atoms with Crippen LogP contribution >= 0.6 is 0 Å². The van der Waals surface area contributed by atoms with Gasteiger partial charge in [-0.2, -0.15) is 0 Å². The second-order valence-electron chi connectivity index (χ2n) is 5.63. The van der Waals surface area contributed by atoms with Gasteiger partial charge >= 0.3 is 0 Å². The number of nitrogens with one attached hydrogen (secondary N) is 1. The van der Waals surface area contributed by atoms with Crippen LogP contribution in [-0.2, 0) is 0 Å². The highest BCUT2D eigenvalue weighted by Crippen LogP contribution is 2.23. The van der Waals surface area contributed by atoms with Crippen LogP contribution in [0.15, 0.2) is 6.07 Å². The highest BCUT2D eigenvalue weighted by atomic mass is 15.3. The predicted molar refractivity (Wildman–Crippen MR) is 77.9 cm³/mol. The van der Waals surface area contributed by atoms with Crippen molar-refractivity contribution < 1.29 is 0 Å². The second-order valence-corrected chi connectivity index (χ2v) is 5.63. The van der Waals surface area contributed by atoms with Crippen LogP contribution < -0.4 is 15.1 Å². The fourth-order valence-electron chi connectivity index (χ4n) is 2.95. The molecule has 2 aliphatic rings. The van der Waals surface area contributed by atoms with E-state index < -0.39 is 0 Å². The summed E-state index contributed by atoms with van der Waals surface area (Å²) in [5.41, 5.74) is 0. The van der Waals surface area contributed by atoms with Crippen LogP contribution in [-0.4, -0.2) is 48.7 Å². The molecule has 1 atom stereocenters. The third-order valence-electron chi connectivity index (χ3n) is 3.93. The lowest BCUT2D eigenvalue weighted by atomic mass is 10.2. The van der Waals surface area contributed by atoms with Gasteiger partial charge < -0.3 is 15.1 Å². The van der Waals surface area contributed by atoms with Gasteiger partial charge in [-0.25, -0.2) is 9.97 Å². The van der Waals surface area contributed by atoms with Crippen molar-refractivity contribution in [3.8, 4) is 0 Å². The average Bonchev–Trinajstić information content (AvgIpc) is 2.92. The summed E-state index contributed by atoms with van der Waals surface area (Å²) in [5.74, 6) is 3.07. The van der Waals surface area contributed by atoms with Crippen molar-refractivity contribution in [3.05, 3.63) is 11.9 Å². The maximum atomic E-state index is 4.62. The molecule has 1 aromatic heterocycles. The van der Waals surface area contributed by atoms with Gasteiger partial charge in [-0.15, -0.1) is 0 Å². The Morgan fingerprint density at radius 3 is 2.47 bits per heavy atom. The summed E-state index contributed by atoms with van der Waals surface area (Å²) in [7, 11) is 0. The molecular formula is C14H23N5. The van der Waals surface area contributed by atoms with Gasteiger partial charge in [0.25, 0.3) is 0 Å². The molecule has 0 radical (unpaired) electrons. The molecule has 0 amide bonds. The van der Waals surface area contributed by atoms with Crippen LogP contribution in [0.2, 0.25) is 0 Å². The van der Waals surface area contributed by atoms with Crippen molar-refractivity contribution in [2.75, 3.05) is 42.5 Å². The zero-order chi connectivity index (χ0) is 13.2. The van der Waals surface area contributed by atoms with Crippen molar-refractivity contribution in [1.82, 2.24) is 15.3 Å². The van der Waals surface area contributed by atoms with Crippen molar-refractivity contribution >= 4 is 11.6 Å². The summed E-state index contributed by atoms with van der Waals surface area (Å²) in [6.45, 7) is 9.57. The first-order chi connectivity index (χ1) is 9.22. The molecule has 1 unspecified atom stereocenters. The lowest BCUT2D eigenvalue weighted by molar-refractivity contribution is 0.482. The molecule has 2 saturated heterocycles. The number of hydrogen-bond donors (Lipinski definition) is 1. The van der Waals surface area contributed by atoms with Gasteiger partial charge in [0.1, 0.15) is 17.5 Å². The first kappa shape index (κ1) is 12.7. The minimum atomic E-state index is 0.527. The second kappa shape index (κ2) is 5.33. The summed E-state index contributed by atoms with van der Waals surface area (Å²) >= 11 is 0. The molecule has 1 aromatic rings. The maximum absolute atomic E-state index is 4.62. The van der Waals surface area contributed by atoms with E-state index in [1.807, 2.05) is 6.92 Å². The minimum absolute atomic E-state index is 0.527.